The molecular weight excluding hydrogens is 276 g/mol. The summed E-state index contributed by atoms with van der Waals surface area (Å²) in [6.45, 7) is 5.04. The van der Waals surface area contributed by atoms with Gasteiger partial charge in [-0.25, -0.2) is 9.59 Å². The Bertz CT molecular complexity index is 472. The molecule has 0 aliphatic carbocycles. The third-order valence-electron chi connectivity index (χ3n) is 2.18. The lowest BCUT2D eigenvalue weighted by Gasteiger charge is -2.19. The number of carbonyl (C=O) groups is 2. The largest absolute Gasteiger partial charge is 0.482 e. The molecule has 1 aromatic carbocycles. The molecule has 0 fully saturated rings. The Morgan fingerprint density at radius 3 is 1.71 bits per heavy atom. The van der Waals surface area contributed by atoms with E-state index in [-0.39, 0.29) is 13.2 Å². The van der Waals surface area contributed by atoms with Crippen molar-refractivity contribution in [1.29, 1.82) is 0 Å². The number of rotatable bonds is 6. The zero-order chi connectivity index (χ0) is 15.9. The van der Waals surface area contributed by atoms with Crippen LogP contribution in [0.5, 0.6) is 11.5 Å². The number of hydrogen-bond acceptors (Lipinski definition) is 6. The quantitative estimate of drug-likeness (QED) is 0.747. The zero-order valence-corrected chi connectivity index (χ0v) is 12.7. The van der Waals surface area contributed by atoms with Crippen molar-refractivity contribution in [2.45, 2.75) is 26.4 Å². The first-order valence-corrected chi connectivity index (χ1v) is 6.44. The summed E-state index contributed by atoms with van der Waals surface area (Å²) < 4.78 is 20.1. The zero-order valence-electron chi connectivity index (χ0n) is 12.7. The fraction of sp³-hybridized carbons (Fsp3) is 0.467. The molecule has 0 heterocycles. The molecular formula is C15H20O6. The third kappa shape index (κ3) is 7.20. The second kappa shape index (κ2) is 7.52. The summed E-state index contributed by atoms with van der Waals surface area (Å²) in [7, 11) is 1.29. The van der Waals surface area contributed by atoms with Crippen LogP contribution in [0.15, 0.2) is 24.3 Å². The minimum atomic E-state index is -0.536. The van der Waals surface area contributed by atoms with Crippen LogP contribution in [0, 0.1) is 0 Å². The van der Waals surface area contributed by atoms with Crippen molar-refractivity contribution in [2.75, 3.05) is 20.3 Å². The molecule has 0 saturated carbocycles. The predicted octanol–water partition coefficient (Wildman–Crippen LogP) is 1.96. The van der Waals surface area contributed by atoms with E-state index in [1.54, 1.807) is 45.0 Å². The topological polar surface area (TPSA) is 71.1 Å². The Kier molecular flexibility index (Phi) is 6.02. The van der Waals surface area contributed by atoms with Gasteiger partial charge in [0.2, 0.25) is 0 Å². The highest BCUT2D eigenvalue weighted by molar-refractivity contribution is 5.71. The van der Waals surface area contributed by atoms with Crippen molar-refractivity contribution in [2.24, 2.45) is 0 Å². The lowest BCUT2D eigenvalue weighted by molar-refractivity contribution is -0.157. The lowest BCUT2D eigenvalue weighted by atomic mass is 10.2. The third-order valence-corrected chi connectivity index (χ3v) is 2.18. The minimum absolute atomic E-state index is 0.158. The van der Waals surface area contributed by atoms with Crippen LogP contribution in [0.25, 0.3) is 0 Å². The standard InChI is InChI=1S/C15H20O6/c1-15(2,3)21-14(17)10-20-12-7-5-11(6-8-12)19-9-13(16)18-4/h5-8H,9-10H2,1-4H3. The van der Waals surface area contributed by atoms with E-state index < -0.39 is 17.5 Å². The van der Waals surface area contributed by atoms with Gasteiger partial charge in [-0.05, 0) is 45.0 Å². The van der Waals surface area contributed by atoms with Gasteiger partial charge in [0, 0.05) is 0 Å². The molecule has 0 N–H and O–H groups in total. The molecule has 0 saturated heterocycles. The summed E-state index contributed by atoms with van der Waals surface area (Å²) in [4.78, 5) is 22.4. The molecule has 0 aliphatic heterocycles. The van der Waals surface area contributed by atoms with E-state index in [9.17, 15) is 9.59 Å². The molecule has 0 atom stereocenters. The summed E-state index contributed by atoms with van der Waals surface area (Å²) in [5.41, 5.74) is -0.536. The van der Waals surface area contributed by atoms with Crippen molar-refractivity contribution < 1.29 is 28.5 Å². The molecule has 0 aliphatic rings. The molecule has 0 aromatic heterocycles. The van der Waals surface area contributed by atoms with Gasteiger partial charge in [0.25, 0.3) is 0 Å². The summed E-state index contributed by atoms with van der Waals surface area (Å²) in [5, 5.41) is 0. The van der Waals surface area contributed by atoms with Crippen molar-refractivity contribution in [3.8, 4) is 11.5 Å². The first-order valence-electron chi connectivity index (χ1n) is 6.44. The second-order valence-electron chi connectivity index (χ2n) is 5.21. The molecule has 21 heavy (non-hydrogen) atoms. The van der Waals surface area contributed by atoms with E-state index in [4.69, 9.17) is 14.2 Å². The van der Waals surface area contributed by atoms with Crippen LogP contribution in [-0.4, -0.2) is 37.9 Å². The molecule has 0 unspecified atom stereocenters. The van der Waals surface area contributed by atoms with Gasteiger partial charge < -0.3 is 18.9 Å². The Labute approximate surface area is 123 Å². The fourth-order valence-electron chi connectivity index (χ4n) is 1.35. The van der Waals surface area contributed by atoms with Crippen molar-refractivity contribution >= 4 is 11.9 Å². The van der Waals surface area contributed by atoms with Gasteiger partial charge in [-0.2, -0.15) is 0 Å². The molecule has 0 bridgehead atoms. The number of methoxy groups -OCH3 is 1. The Hall–Kier alpha value is -2.24. The van der Waals surface area contributed by atoms with Crippen molar-refractivity contribution in [3.63, 3.8) is 0 Å². The van der Waals surface area contributed by atoms with E-state index in [0.717, 1.165) is 0 Å². The lowest BCUT2D eigenvalue weighted by Crippen LogP contribution is -2.27. The smallest absolute Gasteiger partial charge is 0.344 e. The van der Waals surface area contributed by atoms with Gasteiger partial charge in [0.05, 0.1) is 7.11 Å². The highest BCUT2D eigenvalue weighted by atomic mass is 16.6. The molecule has 1 rings (SSSR count). The van der Waals surface area contributed by atoms with Gasteiger partial charge in [0.15, 0.2) is 13.2 Å². The highest BCUT2D eigenvalue weighted by Gasteiger charge is 2.16. The van der Waals surface area contributed by atoms with Gasteiger partial charge in [0.1, 0.15) is 17.1 Å². The SMILES string of the molecule is COC(=O)COc1ccc(OCC(=O)OC(C)(C)C)cc1. The predicted molar refractivity (Wildman–Crippen MR) is 75.3 cm³/mol. The number of esters is 2. The molecule has 0 spiro atoms. The molecule has 6 nitrogen and oxygen atoms in total. The van der Waals surface area contributed by atoms with E-state index >= 15 is 0 Å². The Morgan fingerprint density at radius 2 is 1.33 bits per heavy atom. The number of hydrogen-bond donors (Lipinski definition) is 0. The average Bonchev–Trinajstić information content (AvgIpc) is 2.41. The van der Waals surface area contributed by atoms with Gasteiger partial charge >= 0.3 is 11.9 Å². The number of benzene rings is 1. The van der Waals surface area contributed by atoms with Crippen LogP contribution < -0.4 is 9.47 Å². The van der Waals surface area contributed by atoms with E-state index in [1.807, 2.05) is 0 Å². The molecule has 0 amide bonds. The van der Waals surface area contributed by atoms with Crippen LogP contribution in [-0.2, 0) is 19.1 Å². The normalized spacial score (nSPS) is 10.7. The highest BCUT2D eigenvalue weighted by Crippen LogP contribution is 2.18. The maximum atomic E-state index is 11.5. The Morgan fingerprint density at radius 1 is 0.905 bits per heavy atom. The monoisotopic (exact) mass is 296 g/mol. The number of carbonyl (C=O) groups excluding carboxylic acids is 2. The minimum Gasteiger partial charge on any atom is -0.482 e. The van der Waals surface area contributed by atoms with Gasteiger partial charge in [-0.1, -0.05) is 0 Å². The van der Waals surface area contributed by atoms with E-state index in [1.165, 1.54) is 7.11 Å². The maximum absolute atomic E-state index is 11.5. The van der Waals surface area contributed by atoms with E-state index in [0.29, 0.717) is 11.5 Å². The first kappa shape index (κ1) is 16.8. The van der Waals surface area contributed by atoms with Crippen LogP contribution in [0.3, 0.4) is 0 Å². The molecule has 1 aromatic rings. The van der Waals surface area contributed by atoms with E-state index in [2.05, 4.69) is 4.74 Å². The summed E-state index contributed by atoms with van der Waals surface area (Å²) in [6, 6.07) is 6.54. The van der Waals surface area contributed by atoms with Crippen LogP contribution in [0.4, 0.5) is 0 Å². The van der Waals surface area contributed by atoms with Gasteiger partial charge in [-0.3, -0.25) is 0 Å². The van der Waals surface area contributed by atoms with Crippen LogP contribution in [0.1, 0.15) is 20.8 Å². The first-order chi connectivity index (χ1) is 9.80. The summed E-state index contributed by atoms with van der Waals surface area (Å²) >= 11 is 0. The fourth-order valence-corrected chi connectivity index (χ4v) is 1.35. The molecule has 6 heteroatoms. The number of ether oxygens (including phenoxy) is 4. The van der Waals surface area contributed by atoms with Crippen molar-refractivity contribution in [1.82, 2.24) is 0 Å². The second-order valence-corrected chi connectivity index (χ2v) is 5.21. The Balaban J connectivity index is 2.41. The average molecular weight is 296 g/mol. The van der Waals surface area contributed by atoms with Crippen molar-refractivity contribution in [3.05, 3.63) is 24.3 Å². The van der Waals surface area contributed by atoms with Crippen LogP contribution in [0.2, 0.25) is 0 Å². The summed E-state index contributed by atoms with van der Waals surface area (Å²) in [6.07, 6.45) is 0. The van der Waals surface area contributed by atoms with Gasteiger partial charge in [-0.15, -0.1) is 0 Å². The van der Waals surface area contributed by atoms with Crippen LogP contribution >= 0.6 is 0 Å². The summed E-state index contributed by atoms with van der Waals surface area (Å²) in [5.74, 6) is 0.116. The maximum Gasteiger partial charge on any atom is 0.344 e. The molecule has 0 radical (unpaired) electrons. The molecule has 116 valence electrons.